The van der Waals surface area contributed by atoms with Gasteiger partial charge in [0.05, 0.1) is 4.70 Å². The summed E-state index contributed by atoms with van der Waals surface area (Å²) < 4.78 is 9.11. The molecule has 0 bridgehead atoms. The van der Waals surface area contributed by atoms with Crippen molar-refractivity contribution < 1.29 is 4.42 Å². The van der Waals surface area contributed by atoms with E-state index in [1.807, 2.05) is 0 Å². The fraction of sp³-hybridized carbons (Fsp3) is 0.0952. The number of rotatable bonds is 6. The van der Waals surface area contributed by atoms with Crippen LogP contribution in [0.3, 0.4) is 0 Å². The normalized spacial score (nSPS) is 11.5. The molecule has 0 saturated carbocycles. The maximum Gasteiger partial charge on any atom is 0.154 e. The summed E-state index contributed by atoms with van der Waals surface area (Å²) in [7, 11) is 0. The fourth-order valence-electron chi connectivity index (χ4n) is 6.58. The number of fused-ring (bicyclic) bond motifs is 5. The van der Waals surface area contributed by atoms with Crippen LogP contribution >= 0.6 is 11.3 Å². The summed E-state index contributed by atoms with van der Waals surface area (Å²) >= 11 is 1.81. The molecule has 2 aromatic heterocycles. The summed E-state index contributed by atoms with van der Waals surface area (Å²) in [6, 6.07) is 47.7. The van der Waals surface area contributed by atoms with E-state index >= 15 is 0 Å². The Bertz CT molecular complexity index is 2140. The van der Waals surface area contributed by atoms with Crippen molar-refractivity contribution in [1.82, 2.24) is 0 Å². The predicted molar refractivity (Wildman–Crippen MR) is 197 cm³/mol. The van der Waals surface area contributed by atoms with Crippen molar-refractivity contribution in [3.05, 3.63) is 156 Å². The molecule has 8 rings (SSSR count). The van der Waals surface area contributed by atoms with Gasteiger partial charge in [0.15, 0.2) is 5.58 Å². The van der Waals surface area contributed by atoms with Crippen LogP contribution in [0.5, 0.6) is 0 Å². The molecule has 0 spiro atoms. The summed E-state index contributed by atoms with van der Waals surface area (Å²) in [5, 5.41) is 2.29. The molecular formula is C42H34N2OS. The summed E-state index contributed by atoms with van der Waals surface area (Å²) in [5.74, 6) is 0. The highest BCUT2D eigenvalue weighted by Crippen LogP contribution is 2.46. The second-order valence-corrected chi connectivity index (χ2v) is 13.1. The highest BCUT2D eigenvalue weighted by atomic mass is 32.1. The molecule has 0 fully saturated rings. The minimum Gasteiger partial charge on any atom is -0.454 e. The second-order valence-electron chi connectivity index (χ2n) is 12.0. The van der Waals surface area contributed by atoms with Crippen LogP contribution in [-0.4, -0.2) is 0 Å². The van der Waals surface area contributed by atoms with Crippen molar-refractivity contribution in [2.75, 3.05) is 9.80 Å². The van der Waals surface area contributed by atoms with Gasteiger partial charge in [-0.05, 0) is 105 Å². The van der Waals surface area contributed by atoms with Crippen LogP contribution in [-0.2, 0) is 0 Å². The van der Waals surface area contributed by atoms with E-state index in [0.717, 1.165) is 44.7 Å². The van der Waals surface area contributed by atoms with Crippen molar-refractivity contribution in [3.63, 3.8) is 0 Å². The van der Waals surface area contributed by atoms with Gasteiger partial charge in [-0.1, -0.05) is 72.8 Å². The molecule has 0 aliphatic carbocycles. The molecule has 0 saturated heterocycles. The number of anilines is 6. The first kappa shape index (κ1) is 28.2. The Labute approximate surface area is 273 Å². The number of thiophene rings is 1. The molecule has 0 N–H and O–H groups in total. The summed E-state index contributed by atoms with van der Waals surface area (Å²) in [5.41, 5.74) is 13.7. The summed E-state index contributed by atoms with van der Waals surface area (Å²) in [6.07, 6.45) is 0. The monoisotopic (exact) mass is 614 g/mol. The van der Waals surface area contributed by atoms with E-state index in [-0.39, 0.29) is 0 Å². The van der Waals surface area contributed by atoms with Crippen molar-refractivity contribution >= 4 is 76.8 Å². The molecule has 0 aliphatic rings. The lowest BCUT2D eigenvalue weighted by molar-refractivity contribution is 0.673. The van der Waals surface area contributed by atoms with Crippen LogP contribution in [0.4, 0.5) is 34.1 Å². The van der Waals surface area contributed by atoms with Gasteiger partial charge in [-0.15, -0.1) is 11.3 Å². The number of hydrogen-bond donors (Lipinski definition) is 0. The standard InChI is InChI=1S/C42H34N2OS/c1-27-13-5-9-17-35(27)43(36-18-10-6-14-28(36)2)31-21-23-33-39(25-31)45-41-34-24-22-32(26-40(34)46-42(33)41)44(37-19-11-7-15-29(37)3)38-20-12-8-16-30(38)4/h5-26H,1-4H3. The van der Waals surface area contributed by atoms with Gasteiger partial charge in [-0.25, -0.2) is 0 Å². The minimum absolute atomic E-state index is 0.901. The Hall–Kier alpha value is -5.32. The Morgan fingerprint density at radius 2 is 0.870 bits per heavy atom. The summed E-state index contributed by atoms with van der Waals surface area (Å²) in [4.78, 5) is 4.72. The van der Waals surface area contributed by atoms with Crippen molar-refractivity contribution in [3.8, 4) is 0 Å². The van der Waals surface area contributed by atoms with E-state index in [2.05, 4.69) is 171 Å². The van der Waals surface area contributed by atoms with Gasteiger partial charge in [0.2, 0.25) is 0 Å². The number of hydrogen-bond acceptors (Lipinski definition) is 4. The maximum atomic E-state index is 6.71. The van der Waals surface area contributed by atoms with E-state index in [1.165, 1.54) is 43.0 Å². The SMILES string of the molecule is Cc1ccccc1N(c1ccc2c(c1)oc1c3ccc(N(c4ccccc4C)c4ccccc4C)cc3sc21)c1ccccc1C. The Kier molecular flexibility index (Phi) is 6.88. The van der Waals surface area contributed by atoms with E-state index in [1.54, 1.807) is 11.3 Å². The van der Waals surface area contributed by atoms with Gasteiger partial charge < -0.3 is 14.2 Å². The van der Waals surface area contributed by atoms with E-state index < -0.39 is 0 Å². The third-order valence-electron chi connectivity index (χ3n) is 8.99. The van der Waals surface area contributed by atoms with Crippen molar-refractivity contribution in [2.24, 2.45) is 0 Å². The molecular weight excluding hydrogens is 581 g/mol. The lowest BCUT2D eigenvalue weighted by Crippen LogP contribution is -2.12. The van der Waals surface area contributed by atoms with Crippen molar-refractivity contribution in [1.29, 1.82) is 0 Å². The predicted octanol–water partition coefficient (Wildman–Crippen LogP) is 13.0. The van der Waals surface area contributed by atoms with E-state index in [9.17, 15) is 0 Å². The molecule has 0 radical (unpaired) electrons. The molecule has 224 valence electrons. The maximum absolute atomic E-state index is 6.71. The zero-order valence-corrected chi connectivity index (χ0v) is 27.2. The van der Waals surface area contributed by atoms with Crippen molar-refractivity contribution in [2.45, 2.75) is 27.7 Å². The highest BCUT2D eigenvalue weighted by Gasteiger charge is 2.21. The third kappa shape index (κ3) is 4.65. The summed E-state index contributed by atoms with van der Waals surface area (Å²) in [6.45, 7) is 8.69. The van der Waals surface area contributed by atoms with Crippen LogP contribution < -0.4 is 9.80 Å². The van der Waals surface area contributed by atoms with Gasteiger partial charge >= 0.3 is 0 Å². The zero-order chi connectivity index (χ0) is 31.4. The van der Waals surface area contributed by atoms with Gasteiger partial charge in [0.25, 0.3) is 0 Å². The Morgan fingerprint density at radius 1 is 0.457 bits per heavy atom. The van der Waals surface area contributed by atoms with Crippen LogP contribution in [0.25, 0.3) is 31.3 Å². The van der Waals surface area contributed by atoms with Gasteiger partial charge in [0.1, 0.15) is 5.58 Å². The smallest absolute Gasteiger partial charge is 0.154 e. The largest absolute Gasteiger partial charge is 0.454 e. The molecule has 0 amide bonds. The topological polar surface area (TPSA) is 19.6 Å². The number of benzene rings is 6. The molecule has 46 heavy (non-hydrogen) atoms. The second kappa shape index (κ2) is 11.2. The lowest BCUT2D eigenvalue weighted by Gasteiger charge is -2.28. The molecule has 0 aliphatic heterocycles. The molecule has 3 nitrogen and oxygen atoms in total. The zero-order valence-electron chi connectivity index (χ0n) is 26.4. The number of furan rings is 1. The van der Waals surface area contributed by atoms with Gasteiger partial charge in [-0.3, -0.25) is 0 Å². The highest BCUT2D eigenvalue weighted by molar-refractivity contribution is 7.26. The molecule has 0 unspecified atom stereocenters. The van der Waals surface area contributed by atoms with Gasteiger partial charge in [-0.2, -0.15) is 0 Å². The van der Waals surface area contributed by atoms with Crippen LogP contribution in [0.2, 0.25) is 0 Å². The molecule has 8 aromatic rings. The van der Waals surface area contributed by atoms with Gasteiger partial charge in [0, 0.05) is 55.7 Å². The van der Waals surface area contributed by atoms with Crippen LogP contribution in [0, 0.1) is 27.7 Å². The quantitative estimate of drug-likeness (QED) is 0.186. The number of para-hydroxylation sites is 4. The molecule has 2 heterocycles. The minimum atomic E-state index is 0.901. The van der Waals surface area contributed by atoms with Crippen LogP contribution in [0.15, 0.2) is 138 Å². The first-order chi connectivity index (χ1) is 22.5. The first-order valence-corrected chi connectivity index (χ1v) is 16.5. The lowest BCUT2D eigenvalue weighted by atomic mass is 10.1. The number of aryl methyl sites for hydroxylation is 4. The first-order valence-electron chi connectivity index (χ1n) is 15.7. The van der Waals surface area contributed by atoms with E-state index in [0.29, 0.717) is 0 Å². The molecule has 0 atom stereocenters. The van der Waals surface area contributed by atoms with Crippen LogP contribution in [0.1, 0.15) is 22.3 Å². The molecule has 4 heteroatoms. The fourth-order valence-corrected chi connectivity index (χ4v) is 7.78. The average molecular weight is 615 g/mol. The van der Waals surface area contributed by atoms with E-state index in [4.69, 9.17) is 4.42 Å². The number of nitrogens with zero attached hydrogens (tertiary/aromatic N) is 2. The molecule has 6 aromatic carbocycles. The third-order valence-corrected chi connectivity index (χ3v) is 10.2. The Morgan fingerprint density at radius 3 is 1.33 bits per heavy atom. The Balaban J connectivity index is 1.26. The average Bonchev–Trinajstić information content (AvgIpc) is 3.60.